The molecular weight excluding hydrogens is 264 g/mol. The molecule has 0 unspecified atom stereocenters. The van der Waals surface area contributed by atoms with E-state index in [9.17, 15) is 0 Å². The fourth-order valence-electron chi connectivity index (χ4n) is 1.45. The summed E-state index contributed by atoms with van der Waals surface area (Å²) in [6.07, 6.45) is 5.33. The van der Waals surface area contributed by atoms with Gasteiger partial charge in [0.2, 0.25) is 0 Å². The topological polar surface area (TPSA) is 18.5 Å². The number of hydrogen-bond donors (Lipinski definition) is 0. The van der Waals surface area contributed by atoms with E-state index in [1.807, 2.05) is 11.8 Å². The van der Waals surface area contributed by atoms with E-state index in [4.69, 9.17) is 8.85 Å². The fourth-order valence-corrected chi connectivity index (χ4v) is 5.06. The summed E-state index contributed by atoms with van der Waals surface area (Å²) in [4.78, 5) is 0. The molecule has 5 heteroatoms. The molecule has 0 aliphatic heterocycles. The van der Waals surface area contributed by atoms with Gasteiger partial charge in [-0.3, -0.25) is 0 Å². The highest BCUT2D eigenvalue weighted by Gasteiger charge is 1.93. The second-order valence-electron chi connectivity index (χ2n) is 4.25. The molecule has 0 fully saturated rings. The average molecular weight is 295 g/mol. The van der Waals surface area contributed by atoms with E-state index in [0.29, 0.717) is 0 Å². The molecule has 0 bridgehead atoms. The van der Waals surface area contributed by atoms with E-state index in [-0.39, 0.29) is 19.5 Å². The van der Waals surface area contributed by atoms with Crippen molar-refractivity contribution in [3.8, 4) is 0 Å². The minimum Gasteiger partial charge on any atom is -0.423 e. The van der Waals surface area contributed by atoms with Gasteiger partial charge >= 0.3 is 0 Å². The normalized spacial score (nSPS) is 12.4. The van der Waals surface area contributed by atoms with Gasteiger partial charge in [-0.2, -0.15) is 11.8 Å². The van der Waals surface area contributed by atoms with Gasteiger partial charge in [-0.25, -0.2) is 0 Å². The van der Waals surface area contributed by atoms with Crippen LogP contribution in [-0.2, 0) is 8.85 Å². The van der Waals surface area contributed by atoms with Gasteiger partial charge in [0, 0.05) is 24.7 Å². The van der Waals surface area contributed by atoms with E-state index in [1.54, 1.807) is 0 Å². The van der Waals surface area contributed by atoms with E-state index >= 15 is 0 Å². The molecule has 0 atom stereocenters. The minimum absolute atomic E-state index is 0.191. The van der Waals surface area contributed by atoms with Crippen molar-refractivity contribution in [1.82, 2.24) is 0 Å². The smallest absolute Gasteiger partial charge is 0.161 e. The Hall–Kier alpha value is 0.704. The average Bonchev–Trinajstić information content (AvgIpc) is 2.35. The second kappa shape index (κ2) is 16.7. The lowest BCUT2D eigenvalue weighted by molar-refractivity contribution is 0.358. The molecule has 0 rings (SSSR count). The number of rotatable bonds is 14. The van der Waals surface area contributed by atoms with Crippen molar-refractivity contribution in [2.45, 2.75) is 51.6 Å². The van der Waals surface area contributed by atoms with Crippen LogP contribution in [0.2, 0.25) is 12.1 Å². The predicted octanol–water partition coefficient (Wildman–Crippen LogP) is 2.36. The quantitative estimate of drug-likeness (QED) is 0.362. The molecule has 104 valence electrons. The summed E-state index contributed by atoms with van der Waals surface area (Å²) in [5.41, 5.74) is 0. The highest BCUT2D eigenvalue weighted by Crippen LogP contribution is 2.01. The zero-order chi connectivity index (χ0) is 12.6. The van der Waals surface area contributed by atoms with Crippen LogP contribution in [0.1, 0.15) is 39.5 Å². The van der Waals surface area contributed by atoms with Gasteiger partial charge < -0.3 is 8.85 Å². The summed E-state index contributed by atoms with van der Waals surface area (Å²) in [6.45, 7) is 6.42. The Kier molecular flexibility index (Phi) is 17.4. The van der Waals surface area contributed by atoms with Crippen LogP contribution in [0, 0.1) is 0 Å². The van der Waals surface area contributed by atoms with Gasteiger partial charge in [-0.1, -0.05) is 39.5 Å². The van der Waals surface area contributed by atoms with Crippen LogP contribution in [0.4, 0.5) is 0 Å². The Labute approximate surface area is 116 Å². The molecule has 0 aromatic rings. The van der Waals surface area contributed by atoms with Crippen LogP contribution >= 0.6 is 11.8 Å². The fraction of sp³-hybridized carbons (Fsp3) is 1.00. The molecular formula is C12H30O2SSi2. The van der Waals surface area contributed by atoms with E-state index in [1.165, 1.54) is 37.8 Å². The summed E-state index contributed by atoms with van der Waals surface area (Å²) in [7, 11) is -0.382. The Bertz CT molecular complexity index is 126. The Morgan fingerprint density at radius 2 is 1.29 bits per heavy atom. The maximum atomic E-state index is 5.68. The third kappa shape index (κ3) is 16.7. The first-order valence-corrected chi connectivity index (χ1v) is 11.5. The first-order chi connectivity index (χ1) is 8.41. The molecule has 0 saturated heterocycles. The summed E-state index contributed by atoms with van der Waals surface area (Å²) in [5.74, 6) is 2.30. The van der Waals surface area contributed by atoms with E-state index in [0.717, 1.165) is 24.7 Å². The first kappa shape index (κ1) is 17.7. The molecule has 2 nitrogen and oxygen atoms in total. The van der Waals surface area contributed by atoms with Crippen LogP contribution in [0.15, 0.2) is 0 Å². The Balaban J connectivity index is 2.85. The molecule has 17 heavy (non-hydrogen) atoms. The lowest BCUT2D eigenvalue weighted by Crippen LogP contribution is -2.05. The lowest BCUT2D eigenvalue weighted by Gasteiger charge is -2.05. The molecule has 0 saturated carbocycles. The van der Waals surface area contributed by atoms with Crippen molar-refractivity contribution in [2.24, 2.45) is 0 Å². The van der Waals surface area contributed by atoms with Gasteiger partial charge in [-0.05, 0) is 12.1 Å². The SMILES string of the molecule is CCCC[SiH2]OCCSCCO[SiH2]CCCC. The van der Waals surface area contributed by atoms with Crippen LogP contribution in [0.25, 0.3) is 0 Å². The van der Waals surface area contributed by atoms with Crippen molar-refractivity contribution in [2.75, 3.05) is 24.7 Å². The molecule has 0 spiro atoms. The van der Waals surface area contributed by atoms with Crippen molar-refractivity contribution < 1.29 is 8.85 Å². The van der Waals surface area contributed by atoms with Crippen LogP contribution in [0.3, 0.4) is 0 Å². The van der Waals surface area contributed by atoms with Gasteiger partial charge in [0.15, 0.2) is 19.5 Å². The number of hydrogen-bond acceptors (Lipinski definition) is 3. The third-order valence-corrected chi connectivity index (χ3v) is 6.17. The van der Waals surface area contributed by atoms with Crippen molar-refractivity contribution in [3.63, 3.8) is 0 Å². The lowest BCUT2D eigenvalue weighted by atomic mass is 10.4. The Morgan fingerprint density at radius 3 is 1.71 bits per heavy atom. The molecule has 0 aromatic heterocycles. The highest BCUT2D eigenvalue weighted by atomic mass is 32.2. The van der Waals surface area contributed by atoms with Gasteiger partial charge in [-0.15, -0.1) is 0 Å². The second-order valence-corrected chi connectivity index (χ2v) is 8.52. The standard InChI is InChI=1S/C12H30O2SSi2/c1-3-5-11-16-13-7-9-15-10-8-14-17-12-6-4-2/h3-12,16-17H2,1-2H3. The highest BCUT2D eigenvalue weighted by molar-refractivity contribution is 7.99. The first-order valence-electron chi connectivity index (χ1n) is 7.15. The number of unbranched alkanes of at least 4 members (excludes halogenated alkanes) is 2. The molecule has 0 aromatic carbocycles. The molecule has 0 N–H and O–H groups in total. The summed E-state index contributed by atoms with van der Waals surface area (Å²) < 4.78 is 11.4. The Morgan fingerprint density at radius 1 is 0.824 bits per heavy atom. The van der Waals surface area contributed by atoms with Crippen LogP contribution in [-0.4, -0.2) is 44.2 Å². The van der Waals surface area contributed by atoms with E-state index < -0.39 is 0 Å². The van der Waals surface area contributed by atoms with Crippen molar-refractivity contribution in [3.05, 3.63) is 0 Å². The monoisotopic (exact) mass is 294 g/mol. The molecule has 0 amide bonds. The summed E-state index contributed by atoms with van der Waals surface area (Å²) in [6, 6.07) is 2.71. The zero-order valence-corrected chi connectivity index (χ0v) is 15.4. The van der Waals surface area contributed by atoms with Crippen molar-refractivity contribution >= 4 is 31.3 Å². The zero-order valence-electron chi connectivity index (χ0n) is 11.7. The van der Waals surface area contributed by atoms with E-state index in [2.05, 4.69) is 13.8 Å². The molecule has 0 aliphatic rings. The van der Waals surface area contributed by atoms with Gasteiger partial charge in [0.1, 0.15) is 0 Å². The third-order valence-electron chi connectivity index (χ3n) is 2.53. The van der Waals surface area contributed by atoms with Crippen molar-refractivity contribution in [1.29, 1.82) is 0 Å². The molecule has 0 radical (unpaired) electrons. The summed E-state index contributed by atoms with van der Waals surface area (Å²) in [5, 5.41) is 0. The predicted molar refractivity (Wildman–Crippen MR) is 85.7 cm³/mol. The maximum Gasteiger partial charge on any atom is 0.161 e. The minimum atomic E-state index is -0.191. The summed E-state index contributed by atoms with van der Waals surface area (Å²) >= 11 is 1.98. The van der Waals surface area contributed by atoms with Gasteiger partial charge in [0.25, 0.3) is 0 Å². The van der Waals surface area contributed by atoms with Crippen LogP contribution in [0.5, 0.6) is 0 Å². The largest absolute Gasteiger partial charge is 0.423 e. The number of thioether (sulfide) groups is 1. The van der Waals surface area contributed by atoms with Crippen LogP contribution < -0.4 is 0 Å². The molecule has 0 aliphatic carbocycles. The molecule has 0 heterocycles. The maximum absolute atomic E-state index is 5.68. The van der Waals surface area contributed by atoms with Gasteiger partial charge in [0.05, 0.1) is 0 Å².